The Labute approximate surface area is 276 Å². The van der Waals surface area contributed by atoms with Crippen molar-refractivity contribution in [2.45, 2.75) is 71.9 Å². The van der Waals surface area contributed by atoms with E-state index in [0.717, 1.165) is 24.8 Å². The molecular formula is C34H39N9O5. The molecule has 250 valence electrons. The molecule has 48 heavy (non-hydrogen) atoms. The number of aromatic hydroxyl groups is 1. The number of aromatic nitrogens is 7. The minimum atomic E-state index is -0.419. The monoisotopic (exact) mass is 653 g/mol. The normalized spacial score (nSPS) is 21.5. The second kappa shape index (κ2) is 11.5. The van der Waals surface area contributed by atoms with E-state index in [1.54, 1.807) is 30.2 Å². The van der Waals surface area contributed by atoms with Gasteiger partial charge in [0.2, 0.25) is 17.2 Å². The van der Waals surface area contributed by atoms with E-state index >= 15 is 0 Å². The number of carbonyl (C=O) groups is 2. The Bertz CT molecular complexity index is 2040. The van der Waals surface area contributed by atoms with Crippen LogP contribution in [0.25, 0.3) is 22.4 Å². The van der Waals surface area contributed by atoms with Crippen LogP contribution >= 0.6 is 0 Å². The van der Waals surface area contributed by atoms with Crippen molar-refractivity contribution in [3.8, 4) is 17.3 Å². The molecule has 3 fully saturated rings. The molecule has 0 radical (unpaired) electrons. The van der Waals surface area contributed by atoms with Crippen molar-refractivity contribution < 1.29 is 19.4 Å². The summed E-state index contributed by atoms with van der Waals surface area (Å²) in [4.78, 5) is 56.3. The molecule has 0 atom stereocenters. The second-order valence-corrected chi connectivity index (χ2v) is 13.6. The van der Waals surface area contributed by atoms with Gasteiger partial charge in [0.25, 0.3) is 5.91 Å². The first-order valence-electron chi connectivity index (χ1n) is 16.3. The molecule has 0 saturated heterocycles. The summed E-state index contributed by atoms with van der Waals surface area (Å²) in [5.74, 6) is 0.152. The van der Waals surface area contributed by atoms with Gasteiger partial charge in [-0.05, 0) is 62.0 Å². The predicted molar refractivity (Wildman–Crippen MR) is 176 cm³/mol. The highest BCUT2D eigenvalue weighted by molar-refractivity contribution is 5.95. The molecule has 8 rings (SSSR count). The highest BCUT2D eigenvalue weighted by Gasteiger charge is 2.69. The van der Waals surface area contributed by atoms with Crippen molar-refractivity contribution >= 4 is 28.6 Å². The smallest absolute Gasteiger partial charge is 0.276 e. The lowest BCUT2D eigenvalue weighted by Gasteiger charge is -2.72. The van der Waals surface area contributed by atoms with Gasteiger partial charge in [-0.3, -0.25) is 14.4 Å². The fourth-order valence-electron chi connectivity index (χ4n) is 7.70. The van der Waals surface area contributed by atoms with E-state index in [4.69, 9.17) is 9.84 Å². The fraction of sp³-hybridized carbons (Fsp3) is 0.471. The van der Waals surface area contributed by atoms with Gasteiger partial charge < -0.3 is 24.6 Å². The highest BCUT2D eigenvalue weighted by Crippen LogP contribution is 2.70. The van der Waals surface area contributed by atoms with Crippen LogP contribution < -0.4 is 15.5 Å². The summed E-state index contributed by atoms with van der Waals surface area (Å²) < 4.78 is 7.10. The number of methoxy groups -OCH3 is 1. The van der Waals surface area contributed by atoms with Crippen molar-refractivity contribution in [1.82, 2.24) is 44.7 Å². The molecule has 0 spiro atoms. The zero-order valence-electron chi connectivity index (χ0n) is 27.8. The minimum Gasteiger partial charge on any atom is -0.504 e. The van der Waals surface area contributed by atoms with Gasteiger partial charge in [0.15, 0.2) is 22.6 Å². The van der Waals surface area contributed by atoms with Crippen LogP contribution in [0.1, 0.15) is 73.9 Å². The summed E-state index contributed by atoms with van der Waals surface area (Å²) >= 11 is 0. The standard InChI is InChI=1S/C34H39N9O5/c1-6-23-26(21-8-11-41(12-9-21)32(47)28-29(45)20(4)36-18-37-28)30(46)27-31(40-43(39-27)22-7-10-35-25(13-22)48-5)42(23)14-24(44)38-34-15-33(16-34,17-34)19(2)3/h7-8,10,13,18-19,45H,6,9,11-12,14-17H2,1-5H3,(H,38,44). The predicted octanol–water partition coefficient (Wildman–Crippen LogP) is 2.98. The molecule has 4 aromatic heterocycles. The van der Waals surface area contributed by atoms with Crippen LogP contribution in [0.3, 0.4) is 0 Å². The molecule has 4 aliphatic rings. The van der Waals surface area contributed by atoms with E-state index in [2.05, 4.69) is 39.2 Å². The van der Waals surface area contributed by atoms with Gasteiger partial charge in [0.1, 0.15) is 12.9 Å². The van der Waals surface area contributed by atoms with Crippen molar-refractivity contribution in [2.75, 3.05) is 20.2 Å². The molecule has 0 unspecified atom stereocenters. The van der Waals surface area contributed by atoms with Crippen LogP contribution in [0.4, 0.5) is 0 Å². The summed E-state index contributed by atoms with van der Waals surface area (Å²) in [7, 11) is 1.51. The third-order valence-corrected chi connectivity index (χ3v) is 10.4. The Morgan fingerprint density at radius 2 is 1.92 bits per heavy atom. The number of nitrogens with one attached hydrogen (secondary N) is 1. The average molecular weight is 654 g/mol. The van der Waals surface area contributed by atoms with E-state index < -0.39 is 5.91 Å². The first-order valence-corrected chi connectivity index (χ1v) is 16.3. The van der Waals surface area contributed by atoms with E-state index in [-0.39, 0.29) is 46.9 Å². The second-order valence-electron chi connectivity index (χ2n) is 13.6. The lowest BCUT2D eigenvalue weighted by molar-refractivity contribution is -0.187. The molecule has 14 nitrogen and oxygen atoms in total. The maximum Gasteiger partial charge on any atom is 0.276 e. The van der Waals surface area contributed by atoms with Crippen molar-refractivity contribution in [3.05, 3.63) is 63.6 Å². The van der Waals surface area contributed by atoms with Crippen LogP contribution in [-0.2, 0) is 17.8 Å². The Balaban J connectivity index is 1.26. The van der Waals surface area contributed by atoms with Crippen LogP contribution in [-0.4, -0.2) is 82.1 Å². The molecule has 1 aliphatic heterocycles. The largest absolute Gasteiger partial charge is 0.504 e. The molecule has 0 aromatic carbocycles. The Hall–Kier alpha value is -5.14. The number of pyridine rings is 2. The van der Waals surface area contributed by atoms with Crippen LogP contribution in [0, 0.1) is 18.3 Å². The van der Waals surface area contributed by atoms with Crippen molar-refractivity contribution in [2.24, 2.45) is 11.3 Å². The Kier molecular flexibility index (Phi) is 7.56. The third-order valence-electron chi connectivity index (χ3n) is 10.4. The van der Waals surface area contributed by atoms with Crippen molar-refractivity contribution in [1.29, 1.82) is 0 Å². The van der Waals surface area contributed by atoms with Gasteiger partial charge in [-0.15, -0.1) is 15.0 Å². The van der Waals surface area contributed by atoms with Gasteiger partial charge in [0.05, 0.1) is 18.5 Å². The summed E-state index contributed by atoms with van der Waals surface area (Å²) in [5.41, 5.74) is 3.05. The number of ether oxygens (including phenoxy) is 1. The van der Waals surface area contributed by atoms with E-state index in [1.807, 2.05) is 17.6 Å². The first-order chi connectivity index (χ1) is 23.0. The van der Waals surface area contributed by atoms with E-state index in [9.17, 15) is 19.5 Å². The molecular weight excluding hydrogens is 614 g/mol. The zero-order valence-corrected chi connectivity index (χ0v) is 27.8. The third kappa shape index (κ3) is 5.01. The van der Waals surface area contributed by atoms with Crippen LogP contribution in [0.15, 0.2) is 35.5 Å². The summed E-state index contributed by atoms with van der Waals surface area (Å²) in [6.45, 7) is 8.53. The van der Waals surface area contributed by atoms with Gasteiger partial charge in [0, 0.05) is 42.1 Å². The number of carbonyl (C=O) groups excluding carboxylic acids is 2. The molecule has 5 heterocycles. The summed E-state index contributed by atoms with van der Waals surface area (Å²) in [5, 5.41) is 23.0. The summed E-state index contributed by atoms with van der Waals surface area (Å²) in [6.07, 6.45) is 8.48. The Morgan fingerprint density at radius 3 is 2.58 bits per heavy atom. The molecule has 2 amide bonds. The molecule has 3 aliphatic carbocycles. The molecule has 2 N–H and O–H groups in total. The van der Waals surface area contributed by atoms with Gasteiger partial charge >= 0.3 is 0 Å². The fourth-order valence-corrected chi connectivity index (χ4v) is 7.70. The van der Waals surface area contributed by atoms with Crippen LogP contribution in [0.2, 0.25) is 0 Å². The van der Waals surface area contributed by atoms with Gasteiger partial charge in [-0.25, -0.2) is 15.0 Å². The number of rotatable bonds is 9. The molecule has 2 bridgehead atoms. The quantitative estimate of drug-likeness (QED) is 0.274. The number of fused-ring (bicyclic) bond motifs is 1. The zero-order chi connectivity index (χ0) is 34.0. The number of amides is 2. The van der Waals surface area contributed by atoms with Gasteiger partial charge in [-0.2, -0.15) is 0 Å². The van der Waals surface area contributed by atoms with Crippen molar-refractivity contribution in [3.63, 3.8) is 0 Å². The summed E-state index contributed by atoms with van der Waals surface area (Å²) in [6, 6.07) is 3.38. The minimum absolute atomic E-state index is 0.0219. The van der Waals surface area contributed by atoms with E-state index in [1.165, 1.54) is 18.2 Å². The lowest BCUT2D eigenvalue weighted by Crippen LogP contribution is -2.76. The maximum absolute atomic E-state index is 14.3. The number of hydrogen-bond donors (Lipinski definition) is 2. The molecule has 14 heteroatoms. The van der Waals surface area contributed by atoms with Crippen LogP contribution in [0.5, 0.6) is 11.6 Å². The topological polar surface area (TPSA) is 170 Å². The number of aryl methyl sites for hydroxylation is 1. The first kappa shape index (κ1) is 31.5. The maximum atomic E-state index is 14.3. The average Bonchev–Trinajstić information content (AvgIpc) is 3.50. The molecule has 4 aromatic rings. The lowest BCUT2D eigenvalue weighted by atomic mass is 9.36. The molecule has 3 saturated carbocycles. The number of hydrogen-bond acceptors (Lipinski definition) is 10. The Morgan fingerprint density at radius 1 is 1.15 bits per heavy atom. The van der Waals surface area contributed by atoms with Gasteiger partial charge in [-0.1, -0.05) is 26.8 Å². The highest BCUT2D eigenvalue weighted by atomic mass is 16.5. The SMILES string of the molecule is CCc1c(C2=CCN(C(=O)c3ncnc(C)c3O)CC2)c(=O)c2nn(-c3ccnc(OC)c3)nc2n1CC(=O)NC12CC(C(C)C)(C1)C2. The van der Waals surface area contributed by atoms with E-state index in [0.29, 0.717) is 64.9 Å². The number of nitrogens with zero attached hydrogens (tertiary/aromatic N) is 8.